The van der Waals surface area contributed by atoms with Gasteiger partial charge >= 0.3 is 0 Å². The van der Waals surface area contributed by atoms with E-state index in [9.17, 15) is 4.79 Å². The van der Waals surface area contributed by atoms with Gasteiger partial charge < -0.3 is 4.74 Å². The average molecular weight is 228 g/mol. The van der Waals surface area contributed by atoms with Gasteiger partial charge in [-0.15, -0.1) is 0 Å². The van der Waals surface area contributed by atoms with Gasteiger partial charge in [-0.3, -0.25) is 4.79 Å². The molecule has 0 amide bonds. The minimum atomic E-state index is 0.0480. The predicted octanol–water partition coefficient (Wildman–Crippen LogP) is 2.62. The van der Waals surface area contributed by atoms with Crippen molar-refractivity contribution in [1.29, 1.82) is 0 Å². The van der Waals surface area contributed by atoms with Crippen molar-refractivity contribution < 1.29 is 9.53 Å². The van der Waals surface area contributed by atoms with Crippen LogP contribution in [0.5, 0.6) is 0 Å². The number of ether oxygens (including phenoxy) is 1. The van der Waals surface area contributed by atoms with Gasteiger partial charge in [0.15, 0.2) is 5.78 Å². The highest BCUT2D eigenvalue weighted by molar-refractivity contribution is 6.01. The van der Waals surface area contributed by atoms with Crippen LogP contribution < -0.4 is 0 Å². The van der Waals surface area contributed by atoms with Crippen LogP contribution in [-0.2, 0) is 16.0 Å². The topological polar surface area (TPSA) is 26.3 Å². The maximum atomic E-state index is 11.6. The van der Waals surface area contributed by atoms with Crippen LogP contribution in [0.2, 0.25) is 0 Å². The van der Waals surface area contributed by atoms with Gasteiger partial charge in [-0.1, -0.05) is 24.3 Å². The second-order valence-electron chi connectivity index (χ2n) is 5.07. The summed E-state index contributed by atoms with van der Waals surface area (Å²) in [5.74, 6) is 0.253. The highest BCUT2D eigenvalue weighted by atomic mass is 16.5. The van der Waals surface area contributed by atoms with E-state index < -0.39 is 0 Å². The number of ketones is 1. The molecule has 2 aliphatic carbocycles. The molecule has 0 bridgehead atoms. The van der Waals surface area contributed by atoms with E-state index in [2.05, 4.69) is 18.2 Å². The number of hydrogen-bond acceptors (Lipinski definition) is 2. The van der Waals surface area contributed by atoms with E-state index in [0.29, 0.717) is 13.0 Å². The number of rotatable bonds is 2. The molecule has 17 heavy (non-hydrogen) atoms. The van der Waals surface area contributed by atoms with Crippen molar-refractivity contribution in [1.82, 2.24) is 0 Å². The third-order valence-corrected chi connectivity index (χ3v) is 3.98. The predicted molar refractivity (Wildman–Crippen MR) is 66.7 cm³/mol. The second kappa shape index (κ2) is 3.81. The summed E-state index contributed by atoms with van der Waals surface area (Å²) in [7, 11) is 1.74. The Labute approximate surface area is 101 Å². The molecule has 3 rings (SSSR count). The largest absolute Gasteiger partial charge is 0.384 e. The summed E-state index contributed by atoms with van der Waals surface area (Å²) in [4.78, 5) is 11.6. The van der Waals surface area contributed by atoms with Crippen molar-refractivity contribution in [3.8, 4) is 0 Å². The Morgan fingerprint density at radius 3 is 3.00 bits per heavy atom. The summed E-state index contributed by atoms with van der Waals surface area (Å²) in [6.45, 7) is 0.709. The molecule has 1 atom stereocenters. The van der Waals surface area contributed by atoms with E-state index in [4.69, 9.17) is 4.74 Å². The lowest BCUT2D eigenvalue weighted by molar-refractivity contribution is -0.115. The Morgan fingerprint density at radius 1 is 1.35 bits per heavy atom. The number of carbonyl (C=O) groups excluding carboxylic acids is 1. The third kappa shape index (κ3) is 1.55. The maximum absolute atomic E-state index is 11.6. The van der Waals surface area contributed by atoms with Crippen molar-refractivity contribution in [2.24, 2.45) is 5.41 Å². The maximum Gasteiger partial charge on any atom is 0.156 e. The first-order chi connectivity index (χ1) is 8.25. The van der Waals surface area contributed by atoms with E-state index in [1.807, 2.05) is 12.1 Å². The average Bonchev–Trinajstić information content (AvgIpc) is 2.64. The summed E-state index contributed by atoms with van der Waals surface area (Å²) in [6, 6.07) is 8.40. The molecule has 0 spiro atoms. The van der Waals surface area contributed by atoms with Crippen LogP contribution in [0, 0.1) is 5.41 Å². The molecule has 0 N–H and O–H groups in total. The Kier molecular flexibility index (Phi) is 2.40. The van der Waals surface area contributed by atoms with Gasteiger partial charge in [0.1, 0.15) is 0 Å². The number of methoxy groups -OCH3 is 1. The fraction of sp³-hybridized carbons (Fsp3) is 0.400. The Hall–Kier alpha value is -1.41. The number of carbonyl (C=O) groups is 1. The van der Waals surface area contributed by atoms with Crippen LogP contribution in [0.25, 0.3) is 5.57 Å². The summed E-state index contributed by atoms with van der Waals surface area (Å²) in [5, 5.41) is 0. The van der Waals surface area contributed by atoms with Gasteiger partial charge in [-0.2, -0.15) is 0 Å². The third-order valence-electron chi connectivity index (χ3n) is 3.98. The van der Waals surface area contributed by atoms with Gasteiger partial charge in [0.25, 0.3) is 0 Å². The zero-order chi connectivity index (χ0) is 11.9. The standard InChI is InChI=1S/C15H16O2/c1-17-10-15-7-6-12(16)8-14(15)13-5-3-2-4-11(13)9-15/h2-5,8H,6-7,9-10H2,1H3/t15-/m1/s1. The SMILES string of the molecule is COC[C@]12CCC(=O)C=C1c1ccccc1C2. The first kappa shape index (κ1) is 10.7. The zero-order valence-corrected chi connectivity index (χ0v) is 10.0. The minimum absolute atomic E-state index is 0.0480. The van der Waals surface area contributed by atoms with Crippen LogP contribution in [0.1, 0.15) is 24.0 Å². The zero-order valence-electron chi connectivity index (χ0n) is 10.0. The van der Waals surface area contributed by atoms with Crippen molar-refractivity contribution in [3.63, 3.8) is 0 Å². The molecular weight excluding hydrogens is 212 g/mol. The highest BCUT2D eigenvalue weighted by Gasteiger charge is 2.43. The lowest BCUT2D eigenvalue weighted by Gasteiger charge is -2.32. The molecule has 0 saturated carbocycles. The molecule has 0 unspecified atom stereocenters. The Morgan fingerprint density at radius 2 is 2.18 bits per heavy atom. The first-order valence-electron chi connectivity index (χ1n) is 6.07. The molecule has 2 aliphatic rings. The molecule has 2 heteroatoms. The number of benzene rings is 1. The van der Waals surface area contributed by atoms with Crippen molar-refractivity contribution >= 4 is 11.4 Å². The van der Waals surface area contributed by atoms with Gasteiger partial charge in [-0.25, -0.2) is 0 Å². The smallest absolute Gasteiger partial charge is 0.156 e. The van der Waals surface area contributed by atoms with E-state index in [1.165, 1.54) is 16.7 Å². The van der Waals surface area contributed by atoms with Gasteiger partial charge in [0, 0.05) is 18.9 Å². The Balaban J connectivity index is 2.14. The van der Waals surface area contributed by atoms with Crippen molar-refractivity contribution in [2.45, 2.75) is 19.3 Å². The number of allylic oxidation sites excluding steroid dienone is 1. The molecule has 0 radical (unpaired) electrons. The van der Waals surface area contributed by atoms with E-state index in [1.54, 1.807) is 7.11 Å². The molecule has 88 valence electrons. The summed E-state index contributed by atoms with van der Waals surface area (Å²) < 4.78 is 5.40. The molecule has 0 aliphatic heterocycles. The summed E-state index contributed by atoms with van der Waals surface area (Å²) in [6.07, 6.45) is 4.42. The molecule has 0 aromatic heterocycles. The van der Waals surface area contributed by atoms with Crippen LogP contribution in [0.3, 0.4) is 0 Å². The molecule has 0 saturated heterocycles. The quantitative estimate of drug-likeness (QED) is 0.777. The van der Waals surface area contributed by atoms with Gasteiger partial charge in [-0.05, 0) is 35.6 Å². The molecule has 1 aromatic carbocycles. The summed E-state index contributed by atoms with van der Waals surface area (Å²) in [5.41, 5.74) is 3.85. The van der Waals surface area contributed by atoms with Crippen molar-refractivity contribution in [3.05, 3.63) is 41.5 Å². The lowest BCUT2D eigenvalue weighted by atomic mass is 9.73. The van der Waals surface area contributed by atoms with Crippen LogP contribution in [-0.4, -0.2) is 19.5 Å². The first-order valence-corrected chi connectivity index (χ1v) is 6.07. The fourth-order valence-electron chi connectivity index (χ4n) is 3.21. The Bertz CT molecular complexity index is 501. The molecule has 2 nitrogen and oxygen atoms in total. The minimum Gasteiger partial charge on any atom is -0.384 e. The lowest BCUT2D eigenvalue weighted by Crippen LogP contribution is -2.30. The molecular formula is C15H16O2. The monoisotopic (exact) mass is 228 g/mol. The van der Waals surface area contributed by atoms with Crippen molar-refractivity contribution in [2.75, 3.05) is 13.7 Å². The van der Waals surface area contributed by atoms with Crippen LogP contribution in [0.15, 0.2) is 30.3 Å². The molecule has 0 heterocycles. The normalized spacial score (nSPS) is 26.4. The molecule has 1 aromatic rings. The van der Waals surface area contributed by atoms with Crippen LogP contribution >= 0.6 is 0 Å². The van der Waals surface area contributed by atoms with E-state index in [-0.39, 0.29) is 11.2 Å². The van der Waals surface area contributed by atoms with E-state index >= 15 is 0 Å². The molecule has 0 fully saturated rings. The number of hydrogen-bond donors (Lipinski definition) is 0. The van der Waals surface area contributed by atoms with Crippen LogP contribution in [0.4, 0.5) is 0 Å². The summed E-state index contributed by atoms with van der Waals surface area (Å²) >= 11 is 0. The van der Waals surface area contributed by atoms with Gasteiger partial charge in [0.05, 0.1) is 6.61 Å². The second-order valence-corrected chi connectivity index (χ2v) is 5.07. The number of fused-ring (bicyclic) bond motifs is 3. The van der Waals surface area contributed by atoms with E-state index in [0.717, 1.165) is 12.8 Å². The van der Waals surface area contributed by atoms with Gasteiger partial charge in [0.2, 0.25) is 0 Å². The fourth-order valence-corrected chi connectivity index (χ4v) is 3.21. The highest BCUT2D eigenvalue weighted by Crippen LogP contribution is 2.51.